The molecule has 0 radical (unpaired) electrons. The van der Waals surface area contributed by atoms with Crippen LogP contribution in [-0.4, -0.2) is 54.9 Å². The Kier molecular flexibility index (Phi) is 6.11. The Morgan fingerprint density at radius 2 is 1.95 bits per heavy atom. The Labute approximate surface area is 130 Å². The van der Waals surface area contributed by atoms with E-state index in [1.807, 2.05) is 0 Å². The third-order valence-corrected chi connectivity index (χ3v) is 4.35. The molecule has 6 nitrogen and oxygen atoms in total. The third-order valence-electron chi connectivity index (χ3n) is 3.27. The number of aromatic carboxylic acids is 1. The van der Waals surface area contributed by atoms with E-state index in [0.717, 1.165) is 6.26 Å². The Balaban J connectivity index is 2.85. The maximum atomic E-state index is 12.3. The molecule has 0 aromatic heterocycles. The highest BCUT2D eigenvalue weighted by molar-refractivity contribution is 7.90. The fraction of sp³-hybridized carbons (Fsp3) is 0.467. The van der Waals surface area contributed by atoms with Gasteiger partial charge in [0.25, 0.3) is 0 Å². The van der Waals surface area contributed by atoms with Crippen LogP contribution in [0, 0.1) is 0 Å². The summed E-state index contributed by atoms with van der Waals surface area (Å²) in [6, 6.07) is 5.76. The van der Waals surface area contributed by atoms with Gasteiger partial charge < -0.3 is 10.0 Å². The molecule has 1 unspecified atom stereocenters. The van der Waals surface area contributed by atoms with Crippen molar-refractivity contribution in [2.75, 3.05) is 18.6 Å². The van der Waals surface area contributed by atoms with Crippen LogP contribution in [0.2, 0.25) is 0 Å². The molecule has 0 heterocycles. The van der Waals surface area contributed by atoms with E-state index in [0.29, 0.717) is 12.1 Å². The van der Waals surface area contributed by atoms with Gasteiger partial charge in [-0.3, -0.25) is 4.79 Å². The van der Waals surface area contributed by atoms with Crippen molar-refractivity contribution in [2.24, 2.45) is 0 Å². The lowest BCUT2D eigenvalue weighted by atomic mass is 10.1. The molecule has 1 amide bonds. The number of benzene rings is 1. The molecule has 0 saturated carbocycles. The highest BCUT2D eigenvalue weighted by Gasteiger charge is 2.22. The Bertz CT molecular complexity index is 654. The summed E-state index contributed by atoms with van der Waals surface area (Å²) in [5, 5.41) is 8.95. The number of hydrogen-bond donors (Lipinski definition) is 1. The molecular formula is C15H21NO5S. The summed E-state index contributed by atoms with van der Waals surface area (Å²) >= 11 is 0. The molecule has 1 aromatic rings. The van der Waals surface area contributed by atoms with Gasteiger partial charge in [-0.1, -0.05) is 12.1 Å². The molecule has 0 bridgehead atoms. The number of rotatable bonds is 7. The lowest BCUT2D eigenvalue weighted by Crippen LogP contribution is -2.42. The van der Waals surface area contributed by atoms with E-state index in [-0.39, 0.29) is 23.6 Å². The SMILES string of the molecule is CCN(C(=O)Cc1cccc(C(=O)O)c1)C(C)CS(C)(=O)=O. The Morgan fingerprint density at radius 1 is 1.32 bits per heavy atom. The molecule has 1 rings (SSSR count). The van der Waals surface area contributed by atoms with Crippen LogP contribution in [-0.2, 0) is 21.1 Å². The first kappa shape index (κ1) is 18.2. The average Bonchev–Trinajstić information content (AvgIpc) is 2.37. The van der Waals surface area contributed by atoms with Gasteiger partial charge in [-0.15, -0.1) is 0 Å². The number of carboxylic acids is 1. The molecule has 1 atom stereocenters. The van der Waals surface area contributed by atoms with Crippen molar-refractivity contribution in [3.63, 3.8) is 0 Å². The van der Waals surface area contributed by atoms with Crippen molar-refractivity contribution in [3.05, 3.63) is 35.4 Å². The molecule has 0 saturated heterocycles. The maximum Gasteiger partial charge on any atom is 0.335 e. The van der Waals surface area contributed by atoms with Gasteiger partial charge in [0.1, 0.15) is 9.84 Å². The second kappa shape index (κ2) is 7.40. The molecule has 7 heteroatoms. The Morgan fingerprint density at radius 3 is 2.45 bits per heavy atom. The summed E-state index contributed by atoms with van der Waals surface area (Å²) in [7, 11) is -3.17. The normalized spacial score (nSPS) is 12.7. The largest absolute Gasteiger partial charge is 0.478 e. The fourth-order valence-electron chi connectivity index (χ4n) is 2.35. The number of sulfone groups is 1. The van der Waals surface area contributed by atoms with E-state index in [9.17, 15) is 18.0 Å². The van der Waals surface area contributed by atoms with Crippen LogP contribution in [0.15, 0.2) is 24.3 Å². The summed E-state index contributed by atoms with van der Waals surface area (Å²) in [4.78, 5) is 24.8. The first-order valence-corrected chi connectivity index (χ1v) is 8.99. The zero-order valence-corrected chi connectivity index (χ0v) is 13.8. The van der Waals surface area contributed by atoms with Gasteiger partial charge in [-0.25, -0.2) is 13.2 Å². The van der Waals surface area contributed by atoms with Gasteiger partial charge in [0.15, 0.2) is 0 Å². The predicted octanol–water partition coefficient (Wildman–Crippen LogP) is 1.21. The van der Waals surface area contributed by atoms with Crippen molar-refractivity contribution in [1.82, 2.24) is 4.90 Å². The van der Waals surface area contributed by atoms with Crippen LogP contribution in [0.25, 0.3) is 0 Å². The van der Waals surface area contributed by atoms with E-state index in [1.54, 1.807) is 26.0 Å². The molecule has 0 spiro atoms. The standard InChI is InChI=1S/C15H21NO5S/c1-4-16(11(2)10-22(3,20)21)14(17)9-12-6-5-7-13(8-12)15(18)19/h5-8,11H,4,9-10H2,1-3H3,(H,18,19). The van der Waals surface area contributed by atoms with Crippen molar-refractivity contribution in [3.8, 4) is 0 Å². The first-order valence-electron chi connectivity index (χ1n) is 6.93. The van der Waals surface area contributed by atoms with Crippen LogP contribution in [0.4, 0.5) is 0 Å². The van der Waals surface area contributed by atoms with E-state index < -0.39 is 21.8 Å². The topological polar surface area (TPSA) is 91.8 Å². The number of nitrogens with zero attached hydrogens (tertiary/aromatic N) is 1. The molecule has 0 fully saturated rings. The van der Waals surface area contributed by atoms with Crippen LogP contribution < -0.4 is 0 Å². The minimum absolute atomic E-state index is 0.0447. The highest BCUT2D eigenvalue weighted by Crippen LogP contribution is 2.10. The number of carbonyl (C=O) groups excluding carboxylic acids is 1. The van der Waals surface area contributed by atoms with E-state index >= 15 is 0 Å². The number of hydrogen-bond acceptors (Lipinski definition) is 4. The molecule has 22 heavy (non-hydrogen) atoms. The van der Waals surface area contributed by atoms with Crippen LogP contribution in [0.1, 0.15) is 29.8 Å². The Hall–Kier alpha value is -1.89. The number of likely N-dealkylation sites (N-methyl/N-ethyl adjacent to an activating group) is 1. The van der Waals surface area contributed by atoms with Gasteiger partial charge in [-0.05, 0) is 31.5 Å². The van der Waals surface area contributed by atoms with Crippen LogP contribution >= 0.6 is 0 Å². The zero-order chi connectivity index (χ0) is 16.9. The van der Waals surface area contributed by atoms with Crippen LogP contribution in [0.3, 0.4) is 0 Å². The van der Waals surface area contributed by atoms with Crippen molar-refractivity contribution in [2.45, 2.75) is 26.3 Å². The summed E-state index contributed by atoms with van der Waals surface area (Å²) in [6.45, 7) is 3.87. The zero-order valence-electron chi connectivity index (χ0n) is 12.9. The van der Waals surface area contributed by atoms with Crippen LogP contribution in [0.5, 0.6) is 0 Å². The van der Waals surface area contributed by atoms with Crippen molar-refractivity contribution >= 4 is 21.7 Å². The summed E-state index contributed by atoms with van der Waals surface area (Å²) in [5.74, 6) is -1.37. The fourth-order valence-corrected chi connectivity index (χ4v) is 3.41. The molecule has 122 valence electrons. The lowest BCUT2D eigenvalue weighted by molar-refractivity contribution is -0.131. The minimum atomic E-state index is -3.17. The smallest absolute Gasteiger partial charge is 0.335 e. The van der Waals surface area contributed by atoms with E-state index in [1.165, 1.54) is 17.0 Å². The maximum absolute atomic E-state index is 12.3. The highest BCUT2D eigenvalue weighted by atomic mass is 32.2. The van der Waals surface area contributed by atoms with Gasteiger partial charge in [0, 0.05) is 18.8 Å². The monoisotopic (exact) mass is 327 g/mol. The van der Waals surface area contributed by atoms with E-state index in [4.69, 9.17) is 5.11 Å². The average molecular weight is 327 g/mol. The first-order chi connectivity index (χ1) is 10.1. The van der Waals surface area contributed by atoms with Gasteiger partial charge in [-0.2, -0.15) is 0 Å². The predicted molar refractivity (Wildman–Crippen MR) is 83.7 cm³/mol. The molecule has 1 N–H and O–H groups in total. The molecule has 0 aliphatic carbocycles. The summed E-state index contributed by atoms with van der Waals surface area (Å²) in [5.41, 5.74) is 0.715. The number of carbonyl (C=O) groups is 2. The minimum Gasteiger partial charge on any atom is -0.478 e. The molecule has 0 aliphatic rings. The van der Waals surface area contributed by atoms with Gasteiger partial charge >= 0.3 is 5.97 Å². The summed E-state index contributed by atoms with van der Waals surface area (Å²) < 4.78 is 22.7. The number of carboxylic acid groups (broad SMARTS) is 1. The molecule has 0 aliphatic heterocycles. The van der Waals surface area contributed by atoms with Gasteiger partial charge in [0.05, 0.1) is 17.7 Å². The molecular weight excluding hydrogens is 306 g/mol. The molecule has 1 aromatic carbocycles. The summed E-state index contributed by atoms with van der Waals surface area (Å²) in [6.07, 6.45) is 1.18. The van der Waals surface area contributed by atoms with E-state index in [2.05, 4.69) is 0 Å². The lowest BCUT2D eigenvalue weighted by Gasteiger charge is -2.27. The van der Waals surface area contributed by atoms with Gasteiger partial charge in [0.2, 0.25) is 5.91 Å². The second-order valence-corrected chi connectivity index (χ2v) is 7.49. The third kappa shape index (κ3) is 5.48. The van der Waals surface area contributed by atoms with Crippen molar-refractivity contribution < 1.29 is 23.1 Å². The second-order valence-electron chi connectivity index (χ2n) is 5.30. The quantitative estimate of drug-likeness (QED) is 0.812. The number of amides is 1. The van der Waals surface area contributed by atoms with Crippen molar-refractivity contribution in [1.29, 1.82) is 0 Å².